The summed E-state index contributed by atoms with van der Waals surface area (Å²) in [4.78, 5) is 6.19. The lowest BCUT2D eigenvalue weighted by atomic mass is 9.92. The summed E-state index contributed by atoms with van der Waals surface area (Å²) in [5.74, 6) is -0.288. The molecule has 1 aliphatic carbocycles. The van der Waals surface area contributed by atoms with Gasteiger partial charge in [-0.25, -0.2) is 4.52 Å². The number of ether oxygens (including phenoxy) is 1. The normalized spacial score (nSPS) is 22.6. The maximum Gasteiger partial charge on any atom is 0.433 e. The Kier molecular flexibility index (Phi) is 5.80. The molecule has 3 aromatic rings. The van der Waals surface area contributed by atoms with Crippen LogP contribution in [0.25, 0.3) is 5.65 Å². The van der Waals surface area contributed by atoms with Crippen LogP contribution in [0.3, 0.4) is 0 Å². The zero-order valence-electron chi connectivity index (χ0n) is 17.8. The second-order valence-corrected chi connectivity index (χ2v) is 8.95. The number of fused-ring (bicyclic) bond motifs is 3. The summed E-state index contributed by atoms with van der Waals surface area (Å²) in [6.45, 7) is -0.366. The summed E-state index contributed by atoms with van der Waals surface area (Å²) in [6, 6.07) is 3.03. The van der Waals surface area contributed by atoms with E-state index < -0.39 is 36.1 Å². The van der Waals surface area contributed by atoms with E-state index in [-0.39, 0.29) is 29.0 Å². The molecule has 1 N–H and O–H groups in total. The van der Waals surface area contributed by atoms with E-state index in [0.717, 1.165) is 24.6 Å². The maximum absolute atomic E-state index is 13.5. The number of piperidine rings is 1. The van der Waals surface area contributed by atoms with Gasteiger partial charge in [-0.2, -0.15) is 36.4 Å². The van der Waals surface area contributed by atoms with Gasteiger partial charge in [0, 0.05) is 25.2 Å². The van der Waals surface area contributed by atoms with Crippen molar-refractivity contribution in [3.05, 3.63) is 35.2 Å². The van der Waals surface area contributed by atoms with Gasteiger partial charge in [0.1, 0.15) is 5.69 Å². The minimum Gasteiger partial charge on any atom is -0.480 e. The van der Waals surface area contributed by atoms with Gasteiger partial charge < -0.3 is 15.0 Å². The van der Waals surface area contributed by atoms with Crippen LogP contribution < -0.4 is 15.0 Å². The highest BCUT2D eigenvalue weighted by Gasteiger charge is 2.43. The predicted octanol–water partition coefficient (Wildman–Crippen LogP) is 4.46. The number of halogens is 7. The fraction of sp³-hybridized carbons (Fsp3) is 0.500. The van der Waals surface area contributed by atoms with E-state index in [1.807, 2.05) is 0 Å². The highest BCUT2D eigenvalue weighted by atomic mass is 35.5. The van der Waals surface area contributed by atoms with Crippen molar-refractivity contribution in [2.45, 2.75) is 31.2 Å². The third-order valence-corrected chi connectivity index (χ3v) is 6.42. The van der Waals surface area contributed by atoms with Crippen molar-refractivity contribution in [1.29, 1.82) is 0 Å². The summed E-state index contributed by atoms with van der Waals surface area (Å²) in [7, 11) is 0. The third kappa shape index (κ3) is 4.88. The molecular weight excluding hydrogens is 504 g/mol. The molecule has 5 rings (SSSR count). The van der Waals surface area contributed by atoms with Crippen molar-refractivity contribution in [2.24, 2.45) is 11.8 Å². The molecular formula is C20H18ClF6N7O. The van der Waals surface area contributed by atoms with Gasteiger partial charge in [0.25, 0.3) is 0 Å². The number of rotatable bonds is 5. The molecule has 188 valence electrons. The highest BCUT2D eigenvalue weighted by Crippen LogP contribution is 2.40. The molecule has 2 fully saturated rings. The molecule has 2 aliphatic rings. The maximum atomic E-state index is 13.5. The molecule has 3 atom stereocenters. The molecule has 0 radical (unpaired) electrons. The molecule has 0 spiro atoms. The van der Waals surface area contributed by atoms with Gasteiger partial charge >= 0.3 is 12.4 Å². The van der Waals surface area contributed by atoms with Crippen molar-refractivity contribution < 1.29 is 31.1 Å². The summed E-state index contributed by atoms with van der Waals surface area (Å²) in [5, 5.41) is 14.9. The Morgan fingerprint density at radius 3 is 2.43 bits per heavy atom. The number of pyridine rings is 1. The molecule has 35 heavy (non-hydrogen) atoms. The summed E-state index contributed by atoms with van der Waals surface area (Å²) in [6.07, 6.45) is -6.08. The number of anilines is 2. The monoisotopic (exact) mass is 521 g/mol. The van der Waals surface area contributed by atoms with Crippen LogP contribution in [-0.2, 0) is 6.18 Å². The average Bonchev–Trinajstić information content (AvgIpc) is 3.27. The van der Waals surface area contributed by atoms with E-state index in [1.54, 1.807) is 12.3 Å². The van der Waals surface area contributed by atoms with E-state index in [9.17, 15) is 26.3 Å². The molecule has 4 heterocycles. The highest BCUT2D eigenvalue weighted by molar-refractivity contribution is 6.29. The molecule has 2 bridgehead atoms. The molecule has 1 saturated heterocycles. The van der Waals surface area contributed by atoms with Crippen molar-refractivity contribution in [3.63, 3.8) is 0 Å². The minimum absolute atomic E-state index is 0.109. The van der Waals surface area contributed by atoms with Gasteiger partial charge in [0.05, 0.1) is 11.9 Å². The first kappa shape index (κ1) is 23.7. The second-order valence-electron chi connectivity index (χ2n) is 8.56. The van der Waals surface area contributed by atoms with E-state index >= 15 is 0 Å². The fourth-order valence-corrected chi connectivity index (χ4v) is 4.97. The van der Waals surface area contributed by atoms with Crippen molar-refractivity contribution in [1.82, 2.24) is 24.8 Å². The fourth-order valence-electron chi connectivity index (χ4n) is 4.81. The molecule has 3 aromatic heterocycles. The van der Waals surface area contributed by atoms with Crippen molar-refractivity contribution >= 4 is 28.9 Å². The quantitative estimate of drug-likeness (QED) is 0.497. The van der Waals surface area contributed by atoms with Crippen LogP contribution in [0, 0.1) is 11.8 Å². The Hall–Kier alpha value is -3.03. The Balaban J connectivity index is 1.40. The number of hydrogen-bond donors (Lipinski definition) is 1. The lowest BCUT2D eigenvalue weighted by molar-refractivity contribution is -0.153. The topological polar surface area (TPSA) is 80.5 Å². The summed E-state index contributed by atoms with van der Waals surface area (Å²) >= 11 is 5.95. The van der Waals surface area contributed by atoms with E-state index in [1.165, 1.54) is 0 Å². The van der Waals surface area contributed by atoms with Crippen LogP contribution >= 0.6 is 11.6 Å². The molecule has 0 unspecified atom stereocenters. The summed E-state index contributed by atoms with van der Waals surface area (Å²) < 4.78 is 83.5. The first-order valence-electron chi connectivity index (χ1n) is 10.6. The van der Waals surface area contributed by atoms with Crippen LogP contribution in [0.2, 0.25) is 5.15 Å². The predicted molar refractivity (Wildman–Crippen MR) is 112 cm³/mol. The zero-order chi connectivity index (χ0) is 25.0. The Bertz CT molecular complexity index is 1220. The number of hydrogen-bond acceptors (Lipinski definition) is 7. The van der Waals surface area contributed by atoms with Crippen LogP contribution in [0.4, 0.5) is 38.0 Å². The number of aromatic nitrogens is 5. The minimum atomic E-state index is -4.80. The summed E-state index contributed by atoms with van der Waals surface area (Å²) in [5.41, 5.74) is -0.798. The average molecular weight is 522 g/mol. The van der Waals surface area contributed by atoms with Crippen LogP contribution in [-0.4, -0.2) is 56.7 Å². The van der Waals surface area contributed by atoms with E-state index in [4.69, 9.17) is 16.3 Å². The van der Waals surface area contributed by atoms with Crippen LogP contribution in [0.15, 0.2) is 24.4 Å². The molecule has 1 aliphatic heterocycles. The van der Waals surface area contributed by atoms with Gasteiger partial charge in [0.15, 0.2) is 23.2 Å². The standard InChI is InChI=1S/C20H18ClF6N7O/c21-15-5-12(6-28-31-15)33-7-10-1-2-11(8-33)16(10)29-18-30-17-13(35-9-19(22,23)24)3-4-14(20(25,26)27)34(17)32-18/h3-6,10-11,16H,1-2,7-9H2,(H,29,32)/t10-,11+,16+. The molecule has 15 heteroatoms. The second kappa shape index (κ2) is 8.57. The molecule has 8 nitrogen and oxygen atoms in total. The smallest absolute Gasteiger partial charge is 0.433 e. The van der Waals surface area contributed by atoms with Gasteiger partial charge in [-0.3, -0.25) is 0 Å². The lowest BCUT2D eigenvalue weighted by Gasteiger charge is -2.39. The first-order valence-corrected chi connectivity index (χ1v) is 11.0. The number of nitrogens with one attached hydrogen (secondary N) is 1. The Labute approximate surface area is 199 Å². The van der Waals surface area contributed by atoms with E-state index in [0.29, 0.717) is 23.7 Å². The largest absolute Gasteiger partial charge is 0.480 e. The molecule has 0 amide bonds. The molecule has 1 saturated carbocycles. The van der Waals surface area contributed by atoms with Gasteiger partial charge in [-0.1, -0.05) is 11.6 Å². The lowest BCUT2D eigenvalue weighted by Crippen LogP contribution is -2.48. The van der Waals surface area contributed by atoms with Gasteiger partial charge in [-0.15, -0.1) is 10.2 Å². The van der Waals surface area contributed by atoms with Crippen molar-refractivity contribution in [3.8, 4) is 5.75 Å². The van der Waals surface area contributed by atoms with Gasteiger partial charge in [-0.05, 0) is 36.8 Å². The van der Waals surface area contributed by atoms with Crippen LogP contribution in [0.1, 0.15) is 18.5 Å². The zero-order valence-corrected chi connectivity index (χ0v) is 18.6. The Morgan fingerprint density at radius 1 is 1.09 bits per heavy atom. The number of nitrogens with zero attached hydrogens (tertiary/aromatic N) is 6. The SMILES string of the molecule is FC(F)(F)COc1ccc(C(F)(F)F)n2nc(N[C@H]3[C@@H]4CC[C@H]3CN(c3cnnc(Cl)c3)C4)nc12. The van der Waals surface area contributed by atoms with Crippen LogP contribution in [0.5, 0.6) is 5.75 Å². The van der Waals surface area contributed by atoms with E-state index in [2.05, 4.69) is 30.5 Å². The molecule has 0 aromatic carbocycles. The van der Waals surface area contributed by atoms with Crippen molar-refractivity contribution in [2.75, 3.05) is 29.9 Å². The Morgan fingerprint density at radius 2 is 1.80 bits per heavy atom. The van der Waals surface area contributed by atoms with Gasteiger partial charge in [0.2, 0.25) is 5.95 Å². The third-order valence-electron chi connectivity index (χ3n) is 6.24. The first-order chi connectivity index (χ1) is 16.5. The number of alkyl halides is 6.